The van der Waals surface area contributed by atoms with Gasteiger partial charge in [0.15, 0.2) is 0 Å². The zero-order chi connectivity index (χ0) is 18.9. The number of carbonyl (C=O) groups is 1. The molecular weight excluding hydrogens is 372 g/mol. The average Bonchev–Trinajstić information content (AvgIpc) is 2.71. The first-order valence-electron chi connectivity index (χ1n) is 9.07. The van der Waals surface area contributed by atoms with Gasteiger partial charge in [-0.3, -0.25) is 9.78 Å². The van der Waals surface area contributed by atoms with Crippen LogP contribution in [0.4, 0.5) is 11.4 Å². The molecule has 0 unspecified atom stereocenters. The summed E-state index contributed by atoms with van der Waals surface area (Å²) in [6.45, 7) is 1.71. The molecule has 0 fully saturated rings. The molecule has 4 N–H and O–H groups in total. The number of aromatic nitrogens is 1. The number of benzene rings is 2. The Balaban J connectivity index is 0.00000280. The van der Waals surface area contributed by atoms with Crippen LogP contribution < -0.4 is 16.4 Å². The molecule has 28 heavy (non-hydrogen) atoms. The van der Waals surface area contributed by atoms with Crippen LogP contribution in [0.1, 0.15) is 27.9 Å². The second kappa shape index (κ2) is 11.1. The number of para-hydroxylation sites is 2. The van der Waals surface area contributed by atoms with Gasteiger partial charge in [0.2, 0.25) is 0 Å². The lowest BCUT2D eigenvalue weighted by atomic mass is 10.1. The lowest BCUT2D eigenvalue weighted by molar-refractivity contribution is 0.102. The lowest BCUT2D eigenvalue weighted by Gasteiger charge is -2.09. The van der Waals surface area contributed by atoms with Crippen LogP contribution in [0.15, 0.2) is 73.1 Å². The first-order chi connectivity index (χ1) is 13.2. The van der Waals surface area contributed by atoms with E-state index >= 15 is 0 Å². The van der Waals surface area contributed by atoms with E-state index in [1.807, 2.05) is 48.7 Å². The summed E-state index contributed by atoms with van der Waals surface area (Å²) in [6, 6.07) is 18.9. The number of hydrogen-bond acceptors (Lipinski definition) is 4. The van der Waals surface area contributed by atoms with E-state index in [2.05, 4.69) is 21.7 Å². The maximum Gasteiger partial charge on any atom is 0.255 e. The molecule has 0 atom stereocenters. The van der Waals surface area contributed by atoms with Crippen molar-refractivity contribution in [3.63, 3.8) is 0 Å². The fourth-order valence-electron chi connectivity index (χ4n) is 2.78. The quantitative estimate of drug-likeness (QED) is 0.396. The minimum absolute atomic E-state index is 0. The van der Waals surface area contributed by atoms with Crippen LogP contribution in [-0.4, -0.2) is 17.4 Å². The molecule has 6 heteroatoms. The molecule has 0 saturated heterocycles. The van der Waals surface area contributed by atoms with Gasteiger partial charge in [-0.15, -0.1) is 12.4 Å². The third kappa shape index (κ3) is 6.37. The first-order valence-corrected chi connectivity index (χ1v) is 9.07. The number of anilines is 2. The molecule has 146 valence electrons. The van der Waals surface area contributed by atoms with Crippen molar-refractivity contribution in [1.82, 2.24) is 10.3 Å². The van der Waals surface area contributed by atoms with Crippen molar-refractivity contribution in [1.29, 1.82) is 0 Å². The maximum absolute atomic E-state index is 12.3. The number of pyridine rings is 1. The Morgan fingerprint density at radius 1 is 0.964 bits per heavy atom. The Morgan fingerprint density at radius 3 is 2.46 bits per heavy atom. The highest BCUT2D eigenvalue weighted by atomic mass is 35.5. The highest BCUT2D eigenvalue weighted by Gasteiger charge is 2.07. The minimum Gasteiger partial charge on any atom is -0.397 e. The molecule has 1 heterocycles. The van der Waals surface area contributed by atoms with Gasteiger partial charge in [0, 0.05) is 24.5 Å². The van der Waals surface area contributed by atoms with Gasteiger partial charge in [0.1, 0.15) is 0 Å². The molecule has 0 saturated carbocycles. The number of halogens is 1. The number of hydrogen-bond donors (Lipinski definition) is 3. The summed E-state index contributed by atoms with van der Waals surface area (Å²) in [5, 5.41) is 6.27. The van der Waals surface area contributed by atoms with Crippen molar-refractivity contribution < 1.29 is 4.79 Å². The minimum atomic E-state index is -0.163. The summed E-state index contributed by atoms with van der Waals surface area (Å²) in [5.74, 6) is -0.163. The van der Waals surface area contributed by atoms with Crippen molar-refractivity contribution in [3.8, 4) is 0 Å². The van der Waals surface area contributed by atoms with Crippen LogP contribution in [-0.2, 0) is 13.0 Å². The van der Waals surface area contributed by atoms with Crippen LogP contribution in [0.3, 0.4) is 0 Å². The van der Waals surface area contributed by atoms with E-state index in [0.29, 0.717) is 16.9 Å². The van der Waals surface area contributed by atoms with Gasteiger partial charge in [-0.1, -0.05) is 30.3 Å². The van der Waals surface area contributed by atoms with E-state index < -0.39 is 0 Å². The third-order valence-electron chi connectivity index (χ3n) is 4.30. The van der Waals surface area contributed by atoms with E-state index in [1.54, 1.807) is 18.3 Å². The maximum atomic E-state index is 12.3. The van der Waals surface area contributed by atoms with Gasteiger partial charge in [0.25, 0.3) is 5.91 Å². The smallest absolute Gasteiger partial charge is 0.255 e. The van der Waals surface area contributed by atoms with Crippen LogP contribution in [0.25, 0.3) is 0 Å². The Hall–Kier alpha value is -2.89. The van der Waals surface area contributed by atoms with Crippen LogP contribution >= 0.6 is 12.4 Å². The summed E-state index contributed by atoms with van der Waals surface area (Å²) in [4.78, 5) is 16.4. The van der Waals surface area contributed by atoms with Crippen LogP contribution in [0.5, 0.6) is 0 Å². The summed E-state index contributed by atoms with van der Waals surface area (Å²) < 4.78 is 0. The molecule has 5 nitrogen and oxygen atoms in total. The van der Waals surface area contributed by atoms with Crippen molar-refractivity contribution >= 4 is 29.7 Å². The molecular formula is C22H25ClN4O. The van der Waals surface area contributed by atoms with Gasteiger partial charge in [-0.25, -0.2) is 0 Å². The van der Waals surface area contributed by atoms with Gasteiger partial charge in [0.05, 0.1) is 11.4 Å². The molecule has 1 aromatic heterocycles. The summed E-state index contributed by atoms with van der Waals surface area (Å²) in [7, 11) is 0. The van der Waals surface area contributed by atoms with E-state index in [1.165, 1.54) is 5.56 Å². The Kier molecular flexibility index (Phi) is 8.46. The number of nitrogens with two attached hydrogens (primary N) is 1. The van der Waals surface area contributed by atoms with E-state index in [4.69, 9.17) is 5.73 Å². The highest BCUT2D eigenvalue weighted by Crippen LogP contribution is 2.18. The number of aryl methyl sites for hydroxylation is 1. The molecule has 2 aromatic carbocycles. The number of carbonyl (C=O) groups excluding carboxylic acids is 1. The second-order valence-corrected chi connectivity index (χ2v) is 6.38. The van der Waals surface area contributed by atoms with E-state index in [0.717, 1.165) is 31.5 Å². The zero-order valence-corrected chi connectivity index (χ0v) is 16.4. The molecule has 1 amide bonds. The lowest BCUT2D eigenvalue weighted by Crippen LogP contribution is -2.16. The largest absolute Gasteiger partial charge is 0.397 e. The normalized spacial score (nSPS) is 10.1. The standard InChI is InChI=1S/C22H24N4O.ClH/c23-20-7-1-2-8-21(20)26-22(27)19-11-9-18(10-12-19)16-25-14-4-6-17-5-3-13-24-15-17;/h1-3,5,7-13,15,25H,4,6,14,16,23H2,(H,26,27);1H. The van der Waals surface area contributed by atoms with Gasteiger partial charge < -0.3 is 16.4 Å². The zero-order valence-electron chi connectivity index (χ0n) is 15.6. The number of rotatable bonds is 8. The SMILES string of the molecule is Cl.Nc1ccccc1NC(=O)c1ccc(CNCCCc2cccnc2)cc1. The van der Waals surface area contributed by atoms with Crippen molar-refractivity contribution in [2.45, 2.75) is 19.4 Å². The molecule has 0 radical (unpaired) electrons. The van der Waals surface area contributed by atoms with Crippen molar-refractivity contribution in [2.24, 2.45) is 0 Å². The molecule has 0 spiro atoms. The summed E-state index contributed by atoms with van der Waals surface area (Å²) in [5.41, 5.74) is 10.1. The Morgan fingerprint density at radius 2 is 1.75 bits per heavy atom. The fourth-order valence-corrected chi connectivity index (χ4v) is 2.78. The Bertz CT molecular complexity index is 869. The molecule has 0 bridgehead atoms. The average molecular weight is 397 g/mol. The van der Waals surface area contributed by atoms with Crippen molar-refractivity contribution in [2.75, 3.05) is 17.6 Å². The fraction of sp³-hybridized carbons (Fsp3) is 0.182. The summed E-state index contributed by atoms with van der Waals surface area (Å²) >= 11 is 0. The number of amides is 1. The van der Waals surface area contributed by atoms with Gasteiger partial charge in [-0.2, -0.15) is 0 Å². The molecule has 0 aliphatic carbocycles. The van der Waals surface area contributed by atoms with Crippen LogP contribution in [0.2, 0.25) is 0 Å². The topological polar surface area (TPSA) is 80.0 Å². The summed E-state index contributed by atoms with van der Waals surface area (Å²) in [6.07, 6.45) is 5.78. The molecule has 3 aromatic rings. The molecule has 3 rings (SSSR count). The van der Waals surface area contributed by atoms with E-state index in [-0.39, 0.29) is 18.3 Å². The van der Waals surface area contributed by atoms with Gasteiger partial charge >= 0.3 is 0 Å². The third-order valence-corrected chi connectivity index (χ3v) is 4.30. The number of nitrogen functional groups attached to an aromatic ring is 1. The van der Waals surface area contributed by atoms with Crippen LogP contribution in [0, 0.1) is 0 Å². The predicted octanol–water partition coefficient (Wildman–Crippen LogP) is 4.06. The second-order valence-electron chi connectivity index (χ2n) is 6.38. The van der Waals surface area contributed by atoms with Crippen molar-refractivity contribution in [3.05, 3.63) is 89.7 Å². The monoisotopic (exact) mass is 396 g/mol. The predicted molar refractivity (Wildman–Crippen MR) is 117 cm³/mol. The molecule has 0 aliphatic rings. The molecule has 0 aliphatic heterocycles. The van der Waals surface area contributed by atoms with E-state index in [9.17, 15) is 4.79 Å². The highest BCUT2D eigenvalue weighted by molar-refractivity contribution is 6.05. The first kappa shape index (κ1) is 21.4. The van der Waals surface area contributed by atoms with Gasteiger partial charge in [-0.05, 0) is 60.8 Å². The number of nitrogens with one attached hydrogen (secondary N) is 2. The number of nitrogens with zero attached hydrogens (tertiary/aromatic N) is 1. The Labute approximate surface area is 171 Å².